The summed E-state index contributed by atoms with van der Waals surface area (Å²) in [6.45, 7) is 2.28. The monoisotopic (exact) mass is 505 g/mol. The lowest BCUT2D eigenvalue weighted by Gasteiger charge is -2.26. The second-order valence-corrected chi connectivity index (χ2v) is 9.00. The smallest absolute Gasteiger partial charge is 0.300 e. The first-order chi connectivity index (χ1) is 18.5. The number of ketones is 1. The van der Waals surface area contributed by atoms with Crippen LogP contribution >= 0.6 is 0 Å². The van der Waals surface area contributed by atoms with Gasteiger partial charge in [-0.15, -0.1) is 0 Å². The fraction of sp³-hybridized carbons (Fsp3) is 0.125. The van der Waals surface area contributed by atoms with Gasteiger partial charge < -0.3 is 14.6 Å². The predicted molar refractivity (Wildman–Crippen MR) is 146 cm³/mol. The van der Waals surface area contributed by atoms with Gasteiger partial charge in [0, 0.05) is 16.8 Å². The van der Waals surface area contributed by atoms with Gasteiger partial charge in [-0.05, 0) is 54.4 Å². The molecule has 5 rings (SSSR count). The van der Waals surface area contributed by atoms with E-state index in [1.54, 1.807) is 54.6 Å². The number of rotatable bonds is 7. The van der Waals surface area contributed by atoms with Gasteiger partial charge in [-0.2, -0.15) is 0 Å². The van der Waals surface area contributed by atoms with Gasteiger partial charge in [0.2, 0.25) is 0 Å². The van der Waals surface area contributed by atoms with E-state index in [9.17, 15) is 14.7 Å². The van der Waals surface area contributed by atoms with Crippen molar-refractivity contribution in [3.63, 3.8) is 0 Å². The van der Waals surface area contributed by atoms with Crippen LogP contribution in [-0.2, 0) is 16.2 Å². The first-order valence-corrected chi connectivity index (χ1v) is 12.3. The van der Waals surface area contributed by atoms with Gasteiger partial charge in [0.15, 0.2) is 0 Å². The van der Waals surface area contributed by atoms with Crippen LogP contribution in [0.3, 0.4) is 0 Å². The third-order valence-corrected chi connectivity index (χ3v) is 6.60. The number of aliphatic hydroxyl groups is 1. The largest absolute Gasteiger partial charge is 0.507 e. The lowest BCUT2D eigenvalue weighted by molar-refractivity contribution is -0.132. The van der Waals surface area contributed by atoms with Crippen molar-refractivity contribution in [3.8, 4) is 11.5 Å². The summed E-state index contributed by atoms with van der Waals surface area (Å²) in [7, 11) is 1.53. The molecule has 1 N–H and O–H groups in total. The molecule has 1 fully saturated rings. The van der Waals surface area contributed by atoms with Gasteiger partial charge >= 0.3 is 0 Å². The van der Waals surface area contributed by atoms with Gasteiger partial charge in [0.05, 0.1) is 18.7 Å². The number of hydrogen-bond acceptors (Lipinski definition) is 5. The summed E-state index contributed by atoms with van der Waals surface area (Å²) in [6.07, 6.45) is 0. The van der Waals surface area contributed by atoms with Gasteiger partial charge in [0.25, 0.3) is 11.7 Å². The quantitative estimate of drug-likeness (QED) is 0.184. The number of nitrogens with zero attached hydrogens (tertiary/aromatic N) is 1. The summed E-state index contributed by atoms with van der Waals surface area (Å²) in [5, 5.41) is 11.5. The Hall–Kier alpha value is -4.84. The summed E-state index contributed by atoms with van der Waals surface area (Å²) < 4.78 is 11.5. The van der Waals surface area contributed by atoms with Crippen LogP contribution in [0.25, 0.3) is 5.76 Å². The minimum Gasteiger partial charge on any atom is -0.507 e. The number of hydrogen-bond donors (Lipinski definition) is 1. The number of carbonyl (C=O) groups excluding carboxylic acids is 2. The number of para-hydroxylation sites is 2. The van der Waals surface area contributed by atoms with Crippen molar-refractivity contribution < 1.29 is 24.2 Å². The molecule has 6 heteroatoms. The third kappa shape index (κ3) is 4.64. The van der Waals surface area contributed by atoms with Gasteiger partial charge in [-0.3, -0.25) is 14.5 Å². The van der Waals surface area contributed by atoms with Crippen molar-refractivity contribution in [1.82, 2.24) is 0 Å². The molecule has 4 aromatic rings. The molecular formula is C32H27NO5. The normalized spacial score (nSPS) is 16.5. The summed E-state index contributed by atoms with van der Waals surface area (Å²) >= 11 is 0. The summed E-state index contributed by atoms with van der Waals surface area (Å²) in [4.78, 5) is 28.2. The number of ether oxygens (including phenoxy) is 2. The van der Waals surface area contributed by atoms with E-state index in [1.165, 1.54) is 12.0 Å². The number of aryl methyl sites for hydroxylation is 1. The molecule has 0 bridgehead atoms. The first-order valence-electron chi connectivity index (χ1n) is 12.3. The lowest BCUT2D eigenvalue weighted by atomic mass is 9.94. The minimum absolute atomic E-state index is 0.000655. The molecule has 1 atom stereocenters. The van der Waals surface area contributed by atoms with E-state index < -0.39 is 17.7 Å². The van der Waals surface area contributed by atoms with E-state index in [2.05, 4.69) is 0 Å². The molecule has 0 aromatic heterocycles. The van der Waals surface area contributed by atoms with E-state index in [-0.39, 0.29) is 11.3 Å². The summed E-state index contributed by atoms with van der Waals surface area (Å²) in [5.41, 5.74) is 3.39. The van der Waals surface area contributed by atoms with Crippen molar-refractivity contribution in [2.24, 2.45) is 0 Å². The molecule has 38 heavy (non-hydrogen) atoms. The molecule has 0 radical (unpaired) electrons. The van der Waals surface area contributed by atoms with E-state index in [0.717, 1.165) is 11.1 Å². The van der Waals surface area contributed by atoms with E-state index in [0.29, 0.717) is 34.9 Å². The van der Waals surface area contributed by atoms with Crippen LogP contribution in [0.5, 0.6) is 11.5 Å². The number of anilines is 1. The first kappa shape index (κ1) is 24.8. The van der Waals surface area contributed by atoms with Crippen molar-refractivity contribution in [2.45, 2.75) is 19.6 Å². The van der Waals surface area contributed by atoms with Crippen molar-refractivity contribution in [2.75, 3.05) is 12.0 Å². The average Bonchev–Trinajstić information content (AvgIpc) is 3.22. The van der Waals surface area contributed by atoms with Crippen LogP contribution in [0, 0.1) is 6.92 Å². The number of amides is 1. The van der Waals surface area contributed by atoms with Gasteiger partial charge in [0.1, 0.15) is 23.9 Å². The molecule has 190 valence electrons. The number of Topliss-reactive ketones (excluding diaryl/α,β-unsaturated/α-hetero) is 1. The van der Waals surface area contributed by atoms with Crippen LogP contribution in [0.1, 0.15) is 28.3 Å². The zero-order chi connectivity index (χ0) is 26.6. The SMILES string of the molecule is COc1ccccc1C1/C(=C(\O)c2ccc(OCc3ccccc3)c(C)c2)C(=O)C(=O)N1c1ccccc1. The second-order valence-electron chi connectivity index (χ2n) is 9.00. The summed E-state index contributed by atoms with van der Waals surface area (Å²) in [5.74, 6) is -0.559. The number of benzene rings is 4. The Morgan fingerprint density at radius 3 is 2.18 bits per heavy atom. The van der Waals surface area contributed by atoms with E-state index in [4.69, 9.17) is 9.47 Å². The highest BCUT2D eigenvalue weighted by molar-refractivity contribution is 6.51. The zero-order valence-corrected chi connectivity index (χ0v) is 21.1. The maximum Gasteiger partial charge on any atom is 0.300 e. The average molecular weight is 506 g/mol. The minimum atomic E-state index is -0.872. The summed E-state index contributed by atoms with van der Waals surface area (Å²) in [6, 6.07) is 30.3. The Balaban J connectivity index is 1.58. The fourth-order valence-corrected chi connectivity index (χ4v) is 4.72. The van der Waals surface area contributed by atoms with Crippen LogP contribution in [0.2, 0.25) is 0 Å². The molecule has 1 aliphatic heterocycles. The highest BCUT2D eigenvalue weighted by Gasteiger charge is 2.47. The number of aliphatic hydroxyl groups excluding tert-OH is 1. The van der Waals surface area contributed by atoms with Crippen LogP contribution in [0.4, 0.5) is 5.69 Å². The topological polar surface area (TPSA) is 76.1 Å². The molecule has 0 spiro atoms. The van der Waals surface area contributed by atoms with Crippen molar-refractivity contribution >= 4 is 23.1 Å². The molecule has 0 aliphatic carbocycles. The van der Waals surface area contributed by atoms with Crippen LogP contribution in [0.15, 0.2) is 109 Å². The van der Waals surface area contributed by atoms with Crippen LogP contribution in [-0.4, -0.2) is 23.9 Å². The maximum absolute atomic E-state index is 13.4. The van der Waals surface area contributed by atoms with Crippen molar-refractivity contribution in [3.05, 3.63) is 131 Å². The molecule has 6 nitrogen and oxygen atoms in total. The highest BCUT2D eigenvalue weighted by atomic mass is 16.5. The Bertz CT molecular complexity index is 1510. The second kappa shape index (κ2) is 10.6. The van der Waals surface area contributed by atoms with E-state index in [1.807, 2.05) is 55.5 Å². The Morgan fingerprint density at radius 1 is 0.842 bits per heavy atom. The van der Waals surface area contributed by atoms with Gasteiger partial charge in [-0.25, -0.2) is 0 Å². The Kier molecular flexibility index (Phi) is 6.96. The number of methoxy groups -OCH3 is 1. The molecule has 0 saturated carbocycles. The molecule has 1 unspecified atom stereocenters. The molecule has 1 amide bonds. The fourth-order valence-electron chi connectivity index (χ4n) is 4.72. The van der Waals surface area contributed by atoms with Gasteiger partial charge in [-0.1, -0.05) is 66.7 Å². The molecule has 4 aromatic carbocycles. The highest BCUT2D eigenvalue weighted by Crippen LogP contribution is 2.45. The third-order valence-electron chi connectivity index (χ3n) is 6.60. The Labute approximate surface area is 221 Å². The van der Waals surface area contributed by atoms with Crippen LogP contribution < -0.4 is 14.4 Å². The Morgan fingerprint density at radius 2 is 1.50 bits per heavy atom. The van der Waals surface area contributed by atoms with Crippen molar-refractivity contribution in [1.29, 1.82) is 0 Å². The lowest BCUT2D eigenvalue weighted by Crippen LogP contribution is -2.29. The standard InChI is InChI=1S/C32H27NO5/c1-21-19-23(17-18-26(21)38-20-22-11-5-3-6-12-22)30(34)28-29(25-15-9-10-16-27(25)37-2)33(32(36)31(28)35)24-13-7-4-8-14-24/h3-19,29,34H,20H2,1-2H3/b30-28+. The van der Waals surface area contributed by atoms with E-state index >= 15 is 0 Å². The zero-order valence-electron chi connectivity index (χ0n) is 21.1. The molecule has 1 aliphatic rings. The predicted octanol–water partition coefficient (Wildman–Crippen LogP) is 6.21. The molecule has 1 heterocycles. The molecule has 1 saturated heterocycles. The number of carbonyl (C=O) groups is 2. The molecular weight excluding hydrogens is 478 g/mol. The maximum atomic E-state index is 13.4.